The number of nitrogens with zero attached hydrogens (tertiary/aromatic N) is 2. The molecule has 0 bridgehead atoms. The van der Waals surface area contributed by atoms with Crippen LogP contribution in [0.2, 0.25) is 0 Å². The zero-order valence-electron chi connectivity index (χ0n) is 10.8. The van der Waals surface area contributed by atoms with Crippen molar-refractivity contribution in [2.75, 3.05) is 20.2 Å². The topological polar surface area (TPSA) is 68.5 Å². The van der Waals surface area contributed by atoms with Crippen molar-refractivity contribution < 1.29 is 9.53 Å². The smallest absolute Gasteiger partial charge is 0.258 e. The van der Waals surface area contributed by atoms with Gasteiger partial charge in [-0.05, 0) is 18.4 Å². The lowest BCUT2D eigenvalue weighted by molar-refractivity contribution is 0.0724. The molecule has 0 spiro atoms. The highest BCUT2D eigenvalue weighted by Gasteiger charge is 2.34. The molecule has 18 heavy (non-hydrogen) atoms. The first-order valence-electron chi connectivity index (χ1n) is 6.18. The predicted octanol–water partition coefficient (Wildman–Crippen LogP) is 0.899. The van der Waals surface area contributed by atoms with Crippen LogP contribution in [0.3, 0.4) is 0 Å². The predicted molar refractivity (Wildman–Crippen MR) is 68.4 cm³/mol. The minimum Gasteiger partial charge on any atom is -0.494 e. The Labute approximate surface area is 107 Å². The van der Waals surface area contributed by atoms with Crippen LogP contribution in [-0.2, 0) is 0 Å². The van der Waals surface area contributed by atoms with E-state index in [0.29, 0.717) is 23.8 Å². The lowest BCUT2D eigenvalue weighted by atomic mass is 10.0. The van der Waals surface area contributed by atoms with E-state index in [1.54, 1.807) is 25.6 Å². The van der Waals surface area contributed by atoms with E-state index in [0.717, 1.165) is 13.0 Å². The molecule has 2 rings (SSSR count). The lowest BCUT2D eigenvalue weighted by Crippen LogP contribution is -2.42. The summed E-state index contributed by atoms with van der Waals surface area (Å²) in [4.78, 5) is 18.3. The quantitative estimate of drug-likeness (QED) is 0.864. The van der Waals surface area contributed by atoms with Crippen molar-refractivity contribution in [3.63, 3.8) is 0 Å². The third-order valence-electron chi connectivity index (χ3n) is 3.62. The van der Waals surface area contributed by atoms with Gasteiger partial charge in [-0.15, -0.1) is 0 Å². The number of ether oxygens (including phenoxy) is 1. The van der Waals surface area contributed by atoms with E-state index < -0.39 is 0 Å². The molecule has 2 heterocycles. The molecule has 1 aliphatic heterocycles. The standard InChI is InChI=1S/C13H19N3O2/c1-9-4-6-16(11(9)7-14)13(17)10-3-5-15-8-12(10)18-2/h3,5,8-9,11H,4,6-7,14H2,1-2H3. The minimum absolute atomic E-state index is 0.0194. The van der Waals surface area contributed by atoms with Crippen molar-refractivity contribution in [2.24, 2.45) is 11.7 Å². The van der Waals surface area contributed by atoms with Crippen LogP contribution in [0.25, 0.3) is 0 Å². The largest absolute Gasteiger partial charge is 0.494 e. The summed E-state index contributed by atoms with van der Waals surface area (Å²) in [5.41, 5.74) is 6.32. The molecule has 5 nitrogen and oxygen atoms in total. The fourth-order valence-corrected chi connectivity index (χ4v) is 2.49. The Morgan fingerprint density at radius 1 is 1.67 bits per heavy atom. The van der Waals surface area contributed by atoms with E-state index in [2.05, 4.69) is 11.9 Å². The Bertz CT molecular complexity index is 436. The van der Waals surface area contributed by atoms with Gasteiger partial charge in [0.2, 0.25) is 0 Å². The number of nitrogens with two attached hydrogens (primary N) is 1. The molecule has 2 atom stereocenters. The number of amides is 1. The van der Waals surface area contributed by atoms with Crippen molar-refractivity contribution in [3.8, 4) is 5.75 Å². The Hall–Kier alpha value is -1.62. The third kappa shape index (κ3) is 2.18. The Kier molecular flexibility index (Phi) is 3.81. The maximum Gasteiger partial charge on any atom is 0.258 e. The van der Waals surface area contributed by atoms with E-state index in [-0.39, 0.29) is 11.9 Å². The molecule has 98 valence electrons. The second kappa shape index (κ2) is 5.35. The van der Waals surface area contributed by atoms with Gasteiger partial charge in [-0.1, -0.05) is 6.92 Å². The van der Waals surface area contributed by atoms with Gasteiger partial charge >= 0.3 is 0 Å². The average molecular weight is 249 g/mol. The van der Waals surface area contributed by atoms with Crippen LogP contribution in [0.4, 0.5) is 0 Å². The fourth-order valence-electron chi connectivity index (χ4n) is 2.49. The first kappa shape index (κ1) is 12.8. The number of pyridine rings is 1. The zero-order valence-corrected chi connectivity index (χ0v) is 10.8. The van der Waals surface area contributed by atoms with Crippen molar-refractivity contribution in [3.05, 3.63) is 24.0 Å². The van der Waals surface area contributed by atoms with Gasteiger partial charge in [-0.3, -0.25) is 9.78 Å². The molecule has 0 radical (unpaired) electrons. The van der Waals surface area contributed by atoms with Crippen molar-refractivity contribution in [2.45, 2.75) is 19.4 Å². The summed E-state index contributed by atoms with van der Waals surface area (Å²) in [5, 5.41) is 0. The maximum atomic E-state index is 12.5. The first-order valence-corrected chi connectivity index (χ1v) is 6.18. The van der Waals surface area contributed by atoms with E-state index in [1.807, 2.05) is 4.90 Å². The zero-order chi connectivity index (χ0) is 13.1. The molecule has 0 aliphatic carbocycles. The molecule has 0 aromatic carbocycles. The van der Waals surface area contributed by atoms with Gasteiger partial charge < -0.3 is 15.4 Å². The summed E-state index contributed by atoms with van der Waals surface area (Å²) < 4.78 is 5.18. The molecule has 1 aromatic heterocycles. The summed E-state index contributed by atoms with van der Waals surface area (Å²) in [5.74, 6) is 0.943. The number of rotatable bonds is 3. The van der Waals surface area contributed by atoms with Crippen LogP contribution in [0.15, 0.2) is 18.5 Å². The SMILES string of the molecule is COc1cnccc1C(=O)N1CCC(C)C1CN. The van der Waals surface area contributed by atoms with Crippen molar-refractivity contribution >= 4 is 5.91 Å². The van der Waals surface area contributed by atoms with Gasteiger partial charge in [-0.25, -0.2) is 0 Å². The second-order valence-electron chi connectivity index (χ2n) is 4.64. The number of carbonyl (C=O) groups is 1. The highest BCUT2D eigenvalue weighted by molar-refractivity contribution is 5.97. The molecule has 0 saturated carbocycles. The Balaban J connectivity index is 2.26. The fraction of sp³-hybridized carbons (Fsp3) is 0.538. The summed E-state index contributed by atoms with van der Waals surface area (Å²) >= 11 is 0. The highest BCUT2D eigenvalue weighted by Crippen LogP contribution is 2.27. The molecule has 1 fully saturated rings. The summed E-state index contributed by atoms with van der Waals surface area (Å²) in [6.45, 7) is 3.39. The van der Waals surface area contributed by atoms with Crippen LogP contribution >= 0.6 is 0 Å². The Morgan fingerprint density at radius 3 is 3.11 bits per heavy atom. The maximum absolute atomic E-state index is 12.5. The van der Waals surface area contributed by atoms with Gasteiger partial charge in [0.05, 0.1) is 18.9 Å². The van der Waals surface area contributed by atoms with Gasteiger partial charge in [0, 0.05) is 25.3 Å². The first-order chi connectivity index (χ1) is 8.69. The number of likely N-dealkylation sites (tertiary alicyclic amines) is 1. The lowest BCUT2D eigenvalue weighted by Gasteiger charge is -2.26. The monoisotopic (exact) mass is 249 g/mol. The average Bonchev–Trinajstić information content (AvgIpc) is 2.78. The van der Waals surface area contributed by atoms with E-state index in [9.17, 15) is 4.79 Å². The van der Waals surface area contributed by atoms with E-state index in [1.165, 1.54) is 0 Å². The number of hydrogen-bond donors (Lipinski definition) is 1. The van der Waals surface area contributed by atoms with Crippen LogP contribution < -0.4 is 10.5 Å². The van der Waals surface area contributed by atoms with Crippen LogP contribution in [0.5, 0.6) is 5.75 Å². The Morgan fingerprint density at radius 2 is 2.44 bits per heavy atom. The van der Waals surface area contributed by atoms with E-state index >= 15 is 0 Å². The summed E-state index contributed by atoms with van der Waals surface area (Å²) in [6.07, 6.45) is 4.16. The van der Waals surface area contributed by atoms with Gasteiger partial charge in [-0.2, -0.15) is 0 Å². The number of carbonyl (C=O) groups excluding carboxylic acids is 1. The summed E-state index contributed by atoms with van der Waals surface area (Å²) in [7, 11) is 1.54. The van der Waals surface area contributed by atoms with E-state index in [4.69, 9.17) is 10.5 Å². The molecular formula is C13H19N3O2. The molecule has 1 aliphatic rings. The van der Waals surface area contributed by atoms with Gasteiger partial charge in [0.1, 0.15) is 5.75 Å². The molecule has 1 amide bonds. The van der Waals surface area contributed by atoms with Crippen molar-refractivity contribution in [1.29, 1.82) is 0 Å². The normalized spacial score (nSPS) is 23.2. The van der Waals surface area contributed by atoms with Gasteiger partial charge in [0.15, 0.2) is 0 Å². The van der Waals surface area contributed by atoms with Crippen molar-refractivity contribution in [1.82, 2.24) is 9.88 Å². The molecule has 5 heteroatoms. The number of methoxy groups -OCH3 is 1. The highest BCUT2D eigenvalue weighted by atomic mass is 16.5. The van der Waals surface area contributed by atoms with Crippen LogP contribution in [0, 0.1) is 5.92 Å². The minimum atomic E-state index is -0.0194. The number of aromatic nitrogens is 1. The third-order valence-corrected chi connectivity index (χ3v) is 3.62. The molecule has 1 saturated heterocycles. The number of hydrogen-bond acceptors (Lipinski definition) is 4. The molecule has 2 N–H and O–H groups in total. The van der Waals surface area contributed by atoms with Crippen LogP contribution in [0.1, 0.15) is 23.7 Å². The molecule has 1 aromatic rings. The second-order valence-corrected chi connectivity index (χ2v) is 4.64. The van der Waals surface area contributed by atoms with Gasteiger partial charge in [0.25, 0.3) is 5.91 Å². The summed E-state index contributed by atoms with van der Waals surface area (Å²) in [6, 6.07) is 1.81. The molecular weight excluding hydrogens is 230 g/mol. The molecule has 2 unspecified atom stereocenters. The van der Waals surface area contributed by atoms with Crippen LogP contribution in [-0.4, -0.2) is 42.0 Å².